The number of carboxylic acid groups (broad SMARTS) is 1. The highest BCUT2D eigenvalue weighted by Gasteiger charge is 2.16. The molecule has 1 atom stereocenters. The van der Waals surface area contributed by atoms with E-state index in [1.807, 2.05) is 0 Å². The van der Waals surface area contributed by atoms with Gasteiger partial charge in [0.1, 0.15) is 0 Å². The third-order valence-corrected chi connectivity index (χ3v) is 3.86. The Morgan fingerprint density at radius 1 is 1.19 bits per heavy atom. The molecule has 0 spiro atoms. The van der Waals surface area contributed by atoms with E-state index < -0.39 is 17.9 Å². The fourth-order valence-electron chi connectivity index (χ4n) is 2.80. The number of imide groups is 1. The van der Waals surface area contributed by atoms with Gasteiger partial charge in [0.15, 0.2) is 0 Å². The number of amides is 3. The van der Waals surface area contributed by atoms with E-state index in [0.717, 1.165) is 18.8 Å². The van der Waals surface area contributed by atoms with Crippen LogP contribution in [-0.2, 0) is 9.59 Å². The number of nitrogens with one attached hydrogen (secondary N) is 2. The van der Waals surface area contributed by atoms with Crippen LogP contribution in [0.1, 0.15) is 58.3 Å². The van der Waals surface area contributed by atoms with Crippen molar-refractivity contribution in [2.24, 2.45) is 11.8 Å². The van der Waals surface area contributed by atoms with E-state index in [9.17, 15) is 14.4 Å². The Labute approximate surface area is 125 Å². The van der Waals surface area contributed by atoms with Gasteiger partial charge in [0.05, 0.1) is 0 Å². The van der Waals surface area contributed by atoms with Crippen molar-refractivity contribution in [2.45, 2.75) is 58.3 Å². The van der Waals surface area contributed by atoms with Gasteiger partial charge in [0.25, 0.3) is 0 Å². The zero-order chi connectivity index (χ0) is 15.7. The number of rotatable bonds is 8. The molecule has 0 bridgehead atoms. The molecule has 1 aliphatic rings. The number of carboxylic acids is 1. The second kappa shape index (κ2) is 9.37. The van der Waals surface area contributed by atoms with Crippen molar-refractivity contribution in [1.82, 2.24) is 10.6 Å². The first-order valence-corrected chi connectivity index (χ1v) is 7.77. The van der Waals surface area contributed by atoms with Crippen molar-refractivity contribution in [2.75, 3.05) is 6.54 Å². The molecule has 1 fully saturated rings. The number of carbonyl (C=O) groups is 3. The third kappa shape index (κ3) is 8.32. The molecule has 120 valence electrons. The smallest absolute Gasteiger partial charge is 0.321 e. The lowest BCUT2D eigenvalue weighted by atomic mass is 10.0. The number of carbonyl (C=O) groups excluding carboxylic acids is 2. The number of urea groups is 1. The molecule has 1 unspecified atom stereocenters. The molecule has 6 nitrogen and oxygen atoms in total. The van der Waals surface area contributed by atoms with E-state index in [1.165, 1.54) is 25.7 Å². The van der Waals surface area contributed by atoms with Gasteiger partial charge in [0, 0.05) is 19.4 Å². The first kappa shape index (κ1) is 17.5. The van der Waals surface area contributed by atoms with E-state index >= 15 is 0 Å². The van der Waals surface area contributed by atoms with Gasteiger partial charge in [-0.05, 0) is 24.7 Å². The zero-order valence-electron chi connectivity index (χ0n) is 12.7. The van der Waals surface area contributed by atoms with Crippen molar-refractivity contribution >= 4 is 17.9 Å². The minimum absolute atomic E-state index is 0.0434. The molecule has 1 rings (SSSR count). The van der Waals surface area contributed by atoms with Gasteiger partial charge >= 0.3 is 12.0 Å². The van der Waals surface area contributed by atoms with Crippen LogP contribution in [0.5, 0.6) is 0 Å². The van der Waals surface area contributed by atoms with Crippen molar-refractivity contribution < 1.29 is 19.5 Å². The van der Waals surface area contributed by atoms with Crippen molar-refractivity contribution in [3.63, 3.8) is 0 Å². The van der Waals surface area contributed by atoms with E-state index in [4.69, 9.17) is 5.11 Å². The van der Waals surface area contributed by atoms with E-state index in [0.29, 0.717) is 6.54 Å². The Kier molecular flexibility index (Phi) is 7.79. The quantitative estimate of drug-likeness (QED) is 0.599. The van der Waals surface area contributed by atoms with Crippen molar-refractivity contribution in [1.29, 1.82) is 0 Å². The molecule has 0 aromatic heterocycles. The topological polar surface area (TPSA) is 95.5 Å². The summed E-state index contributed by atoms with van der Waals surface area (Å²) in [5.74, 6) is -0.852. The molecular formula is C15H26N2O4. The average Bonchev–Trinajstić information content (AvgIpc) is 2.86. The number of aliphatic carboxylic acids is 1. The van der Waals surface area contributed by atoms with Gasteiger partial charge in [-0.2, -0.15) is 0 Å². The maximum Gasteiger partial charge on any atom is 0.321 e. The van der Waals surface area contributed by atoms with Crippen LogP contribution < -0.4 is 10.6 Å². The molecule has 0 aromatic carbocycles. The molecule has 0 heterocycles. The number of hydrogen-bond donors (Lipinski definition) is 3. The minimum atomic E-state index is -0.938. The van der Waals surface area contributed by atoms with Gasteiger partial charge in [-0.3, -0.25) is 14.9 Å². The molecule has 6 heteroatoms. The minimum Gasteiger partial charge on any atom is -0.481 e. The van der Waals surface area contributed by atoms with Crippen LogP contribution in [0.3, 0.4) is 0 Å². The Bertz CT molecular complexity index is 365. The standard InChI is InChI=1S/C15H26N2O4/c1-11(10-14(19)20)9-13(18)17-15(21)16-8-4-7-12-5-2-3-6-12/h11-12H,2-10H2,1H3,(H,19,20)(H2,16,17,18,21). The maximum absolute atomic E-state index is 11.5. The van der Waals surface area contributed by atoms with Crippen LogP contribution in [0.2, 0.25) is 0 Å². The number of hydrogen-bond acceptors (Lipinski definition) is 3. The molecule has 0 aliphatic heterocycles. The Morgan fingerprint density at radius 2 is 1.86 bits per heavy atom. The second-order valence-corrected chi connectivity index (χ2v) is 6.00. The molecule has 21 heavy (non-hydrogen) atoms. The van der Waals surface area contributed by atoms with Gasteiger partial charge in [0.2, 0.25) is 5.91 Å². The summed E-state index contributed by atoms with van der Waals surface area (Å²) < 4.78 is 0. The molecule has 3 N–H and O–H groups in total. The fourth-order valence-corrected chi connectivity index (χ4v) is 2.80. The van der Waals surface area contributed by atoms with Gasteiger partial charge < -0.3 is 10.4 Å². The SMILES string of the molecule is CC(CC(=O)O)CC(=O)NC(=O)NCCCC1CCCC1. The Morgan fingerprint density at radius 3 is 2.48 bits per heavy atom. The van der Waals surface area contributed by atoms with E-state index in [1.54, 1.807) is 6.92 Å². The van der Waals surface area contributed by atoms with E-state index in [2.05, 4.69) is 10.6 Å². The first-order valence-electron chi connectivity index (χ1n) is 7.77. The lowest BCUT2D eigenvalue weighted by Gasteiger charge is -2.11. The summed E-state index contributed by atoms with van der Waals surface area (Å²) >= 11 is 0. The van der Waals surface area contributed by atoms with Gasteiger partial charge in [-0.1, -0.05) is 32.6 Å². The highest BCUT2D eigenvalue weighted by molar-refractivity contribution is 5.94. The predicted octanol–water partition coefficient (Wildman–Crippen LogP) is 2.28. The van der Waals surface area contributed by atoms with Crippen LogP contribution in [0, 0.1) is 11.8 Å². The lowest BCUT2D eigenvalue weighted by Crippen LogP contribution is -2.40. The summed E-state index contributed by atoms with van der Waals surface area (Å²) in [6.07, 6.45) is 7.27. The maximum atomic E-state index is 11.5. The summed E-state index contributed by atoms with van der Waals surface area (Å²) in [7, 11) is 0. The second-order valence-electron chi connectivity index (χ2n) is 6.00. The molecule has 0 saturated heterocycles. The molecular weight excluding hydrogens is 272 g/mol. The monoisotopic (exact) mass is 298 g/mol. The zero-order valence-corrected chi connectivity index (χ0v) is 12.7. The first-order chi connectivity index (χ1) is 9.97. The van der Waals surface area contributed by atoms with Crippen LogP contribution in [0.4, 0.5) is 4.79 Å². The summed E-state index contributed by atoms with van der Waals surface area (Å²) in [6.45, 7) is 2.24. The lowest BCUT2D eigenvalue weighted by molar-refractivity contribution is -0.138. The molecule has 0 aromatic rings. The van der Waals surface area contributed by atoms with Crippen LogP contribution in [0.25, 0.3) is 0 Å². The van der Waals surface area contributed by atoms with Crippen molar-refractivity contribution in [3.8, 4) is 0 Å². The predicted molar refractivity (Wildman–Crippen MR) is 78.8 cm³/mol. The van der Waals surface area contributed by atoms with Gasteiger partial charge in [-0.15, -0.1) is 0 Å². The largest absolute Gasteiger partial charge is 0.481 e. The summed E-state index contributed by atoms with van der Waals surface area (Å²) in [4.78, 5) is 33.5. The molecule has 0 radical (unpaired) electrons. The van der Waals surface area contributed by atoms with E-state index in [-0.39, 0.29) is 18.8 Å². The molecule has 1 aliphatic carbocycles. The average molecular weight is 298 g/mol. The van der Waals surface area contributed by atoms with Crippen molar-refractivity contribution in [3.05, 3.63) is 0 Å². The fraction of sp³-hybridized carbons (Fsp3) is 0.800. The van der Waals surface area contributed by atoms with Crippen LogP contribution >= 0.6 is 0 Å². The summed E-state index contributed by atoms with van der Waals surface area (Å²) in [6, 6.07) is -0.492. The van der Waals surface area contributed by atoms with Gasteiger partial charge in [-0.25, -0.2) is 4.79 Å². The molecule has 3 amide bonds. The Balaban J connectivity index is 2.06. The highest BCUT2D eigenvalue weighted by Crippen LogP contribution is 2.28. The highest BCUT2D eigenvalue weighted by atomic mass is 16.4. The molecule has 1 saturated carbocycles. The summed E-state index contributed by atoms with van der Waals surface area (Å²) in [5.41, 5.74) is 0. The van der Waals surface area contributed by atoms with Crippen LogP contribution in [0.15, 0.2) is 0 Å². The Hall–Kier alpha value is -1.59. The third-order valence-electron chi connectivity index (χ3n) is 3.86. The normalized spacial score (nSPS) is 16.4. The van der Waals surface area contributed by atoms with Crippen LogP contribution in [-0.4, -0.2) is 29.6 Å². The summed E-state index contributed by atoms with van der Waals surface area (Å²) in [5, 5.41) is 13.5.